The van der Waals surface area contributed by atoms with E-state index in [1.54, 1.807) is 5.38 Å². The minimum absolute atomic E-state index is 0.00898. The Morgan fingerprint density at radius 2 is 2.04 bits per heavy atom. The SMILES string of the molecule is O=C(N/N=C\c1cc2c(cc1[N+](=O)[O-])OCO2)c1csc2ccccc12. The van der Waals surface area contributed by atoms with Crippen molar-refractivity contribution in [3.63, 3.8) is 0 Å². The molecule has 1 aliphatic rings. The number of rotatable bonds is 4. The van der Waals surface area contributed by atoms with E-state index in [1.165, 1.54) is 29.7 Å². The number of thiophene rings is 1. The molecule has 0 spiro atoms. The van der Waals surface area contributed by atoms with Crippen LogP contribution < -0.4 is 14.9 Å². The number of hydrogen-bond acceptors (Lipinski definition) is 7. The molecule has 1 aromatic heterocycles. The van der Waals surface area contributed by atoms with E-state index in [0.29, 0.717) is 17.1 Å². The fourth-order valence-electron chi connectivity index (χ4n) is 2.58. The Kier molecular flexibility index (Phi) is 3.98. The van der Waals surface area contributed by atoms with Crippen molar-refractivity contribution in [2.75, 3.05) is 6.79 Å². The number of hydrogen-bond donors (Lipinski definition) is 1. The van der Waals surface area contributed by atoms with Crippen molar-refractivity contribution in [2.24, 2.45) is 5.10 Å². The lowest BCUT2D eigenvalue weighted by Gasteiger charge is -2.01. The number of hydrazone groups is 1. The van der Waals surface area contributed by atoms with E-state index in [-0.39, 0.29) is 24.0 Å². The highest BCUT2D eigenvalue weighted by Crippen LogP contribution is 2.37. The molecule has 3 aromatic rings. The van der Waals surface area contributed by atoms with Crippen LogP contribution in [-0.2, 0) is 0 Å². The van der Waals surface area contributed by atoms with Crippen molar-refractivity contribution in [2.45, 2.75) is 0 Å². The molecule has 1 amide bonds. The Morgan fingerprint density at radius 1 is 1.27 bits per heavy atom. The summed E-state index contributed by atoms with van der Waals surface area (Å²) in [5, 5.41) is 17.6. The highest BCUT2D eigenvalue weighted by Gasteiger charge is 2.22. The van der Waals surface area contributed by atoms with E-state index in [4.69, 9.17) is 9.47 Å². The van der Waals surface area contributed by atoms with Crippen molar-refractivity contribution in [1.29, 1.82) is 0 Å². The molecule has 8 nitrogen and oxygen atoms in total. The van der Waals surface area contributed by atoms with Crippen LogP contribution in [0.4, 0.5) is 5.69 Å². The van der Waals surface area contributed by atoms with Crippen LogP contribution in [0.2, 0.25) is 0 Å². The molecule has 2 aromatic carbocycles. The third-order valence-electron chi connectivity index (χ3n) is 3.81. The quantitative estimate of drug-likeness (QED) is 0.432. The predicted molar refractivity (Wildman–Crippen MR) is 96.1 cm³/mol. The number of carbonyl (C=O) groups is 1. The van der Waals surface area contributed by atoms with Crippen LogP contribution in [0.15, 0.2) is 46.9 Å². The van der Waals surface area contributed by atoms with Gasteiger partial charge in [0.1, 0.15) is 0 Å². The Balaban J connectivity index is 1.57. The first-order chi connectivity index (χ1) is 12.6. The van der Waals surface area contributed by atoms with E-state index in [1.807, 2.05) is 24.3 Å². The first kappa shape index (κ1) is 16.0. The maximum atomic E-state index is 12.3. The molecular formula is C17H11N3O5S. The standard InChI is InChI=1S/C17H11N3O5S/c21-17(12-8-26-16-4-2-1-3-11(12)16)19-18-7-10-5-14-15(25-9-24-14)6-13(10)20(22)23/h1-8H,9H2,(H,19,21)/b18-7-. The lowest BCUT2D eigenvalue weighted by Crippen LogP contribution is -2.17. The Labute approximate surface area is 150 Å². The second-order valence-corrected chi connectivity index (χ2v) is 6.28. The third-order valence-corrected chi connectivity index (χ3v) is 4.78. The van der Waals surface area contributed by atoms with Gasteiger partial charge in [0.2, 0.25) is 6.79 Å². The van der Waals surface area contributed by atoms with Gasteiger partial charge in [-0.25, -0.2) is 5.43 Å². The summed E-state index contributed by atoms with van der Waals surface area (Å²) in [5.41, 5.74) is 2.92. The normalized spacial score (nSPS) is 12.6. The van der Waals surface area contributed by atoms with Crippen molar-refractivity contribution in [3.05, 3.63) is 63.0 Å². The second kappa shape index (κ2) is 6.45. The van der Waals surface area contributed by atoms with E-state index in [9.17, 15) is 14.9 Å². The maximum absolute atomic E-state index is 12.3. The Hall–Kier alpha value is -3.46. The van der Waals surface area contributed by atoms with Crippen LogP contribution in [0.1, 0.15) is 15.9 Å². The van der Waals surface area contributed by atoms with Crippen LogP contribution in [0.5, 0.6) is 11.5 Å². The van der Waals surface area contributed by atoms with Crippen molar-refractivity contribution in [3.8, 4) is 11.5 Å². The summed E-state index contributed by atoms with van der Waals surface area (Å²) in [5.74, 6) is 0.317. The summed E-state index contributed by atoms with van der Waals surface area (Å²) in [7, 11) is 0. The molecule has 0 unspecified atom stereocenters. The molecule has 0 fully saturated rings. The average Bonchev–Trinajstić information content (AvgIpc) is 3.27. The van der Waals surface area contributed by atoms with Crippen LogP contribution in [0, 0.1) is 10.1 Å². The number of nitro groups is 1. The number of carbonyl (C=O) groups excluding carboxylic acids is 1. The molecule has 0 atom stereocenters. The maximum Gasteiger partial charge on any atom is 0.282 e. The summed E-state index contributed by atoms with van der Waals surface area (Å²) in [6.07, 6.45) is 1.21. The average molecular weight is 369 g/mol. The van der Waals surface area contributed by atoms with E-state index in [0.717, 1.165) is 10.1 Å². The molecule has 130 valence electrons. The number of nitrogens with one attached hydrogen (secondary N) is 1. The highest BCUT2D eigenvalue weighted by molar-refractivity contribution is 7.17. The molecular weight excluding hydrogens is 358 g/mol. The van der Waals surface area contributed by atoms with Gasteiger partial charge >= 0.3 is 0 Å². The number of fused-ring (bicyclic) bond motifs is 2. The molecule has 2 heterocycles. The number of ether oxygens (including phenoxy) is 2. The zero-order valence-corrected chi connectivity index (χ0v) is 14.0. The third kappa shape index (κ3) is 2.84. The van der Waals surface area contributed by atoms with Gasteiger partial charge in [-0.1, -0.05) is 18.2 Å². The molecule has 0 bridgehead atoms. The van der Waals surface area contributed by atoms with Gasteiger partial charge in [0.25, 0.3) is 11.6 Å². The fourth-order valence-corrected chi connectivity index (χ4v) is 3.52. The molecule has 26 heavy (non-hydrogen) atoms. The zero-order valence-electron chi connectivity index (χ0n) is 13.2. The molecule has 0 aliphatic carbocycles. The van der Waals surface area contributed by atoms with Crippen LogP contribution in [0.3, 0.4) is 0 Å². The monoisotopic (exact) mass is 369 g/mol. The van der Waals surface area contributed by atoms with E-state index < -0.39 is 4.92 Å². The van der Waals surface area contributed by atoms with Gasteiger partial charge in [-0.2, -0.15) is 5.10 Å². The highest BCUT2D eigenvalue weighted by atomic mass is 32.1. The molecule has 9 heteroatoms. The Morgan fingerprint density at radius 3 is 2.85 bits per heavy atom. The fraction of sp³-hybridized carbons (Fsp3) is 0.0588. The molecule has 4 rings (SSSR count). The lowest BCUT2D eigenvalue weighted by atomic mass is 10.1. The van der Waals surface area contributed by atoms with Gasteiger partial charge in [-0.3, -0.25) is 14.9 Å². The molecule has 1 N–H and O–H groups in total. The summed E-state index contributed by atoms with van der Waals surface area (Å²) < 4.78 is 11.3. The summed E-state index contributed by atoms with van der Waals surface area (Å²) >= 11 is 1.46. The van der Waals surface area contributed by atoms with Gasteiger partial charge in [-0.05, 0) is 12.1 Å². The van der Waals surface area contributed by atoms with Crippen LogP contribution in [0.25, 0.3) is 10.1 Å². The first-order valence-corrected chi connectivity index (χ1v) is 8.39. The largest absolute Gasteiger partial charge is 0.454 e. The predicted octanol–water partition coefficient (Wildman–Crippen LogP) is 3.30. The van der Waals surface area contributed by atoms with E-state index >= 15 is 0 Å². The van der Waals surface area contributed by atoms with Gasteiger partial charge in [-0.15, -0.1) is 11.3 Å². The van der Waals surface area contributed by atoms with Gasteiger partial charge in [0, 0.05) is 15.5 Å². The summed E-state index contributed by atoms with van der Waals surface area (Å²) in [6, 6.07) is 10.3. The number of nitro benzene ring substituents is 1. The summed E-state index contributed by atoms with van der Waals surface area (Å²) in [4.78, 5) is 23.0. The molecule has 0 radical (unpaired) electrons. The second-order valence-electron chi connectivity index (χ2n) is 5.37. The Bertz CT molecular complexity index is 1060. The number of benzene rings is 2. The molecule has 0 saturated carbocycles. The minimum Gasteiger partial charge on any atom is -0.454 e. The minimum atomic E-state index is -0.544. The first-order valence-electron chi connectivity index (χ1n) is 7.51. The van der Waals surface area contributed by atoms with Gasteiger partial charge < -0.3 is 9.47 Å². The summed E-state index contributed by atoms with van der Waals surface area (Å²) in [6.45, 7) is 0.00898. The van der Waals surface area contributed by atoms with Crippen molar-refractivity contribution >= 4 is 39.2 Å². The zero-order chi connectivity index (χ0) is 18.1. The van der Waals surface area contributed by atoms with Crippen LogP contribution in [-0.4, -0.2) is 23.8 Å². The lowest BCUT2D eigenvalue weighted by molar-refractivity contribution is -0.385. The van der Waals surface area contributed by atoms with Gasteiger partial charge in [0.15, 0.2) is 11.5 Å². The smallest absolute Gasteiger partial charge is 0.282 e. The van der Waals surface area contributed by atoms with E-state index in [2.05, 4.69) is 10.5 Å². The number of nitrogens with zero attached hydrogens (tertiary/aromatic N) is 2. The topological polar surface area (TPSA) is 103 Å². The number of amides is 1. The van der Waals surface area contributed by atoms with Crippen molar-refractivity contribution in [1.82, 2.24) is 5.43 Å². The van der Waals surface area contributed by atoms with Gasteiger partial charge in [0.05, 0.1) is 28.3 Å². The molecule has 1 aliphatic heterocycles. The molecule has 0 saturated heterocycles. The van der Waals surface area contributed by atoms with Crippen LogP contribution >= 0.6 is 11.3 Å². The van der Waals surface area contributed by atoms with Crippen molar-refractivity contribution < 1.29 is 19.2 Å².